The first kappa shape index (κ1) is 39.6. The van der Waals surface area contributed by atoms with Gasteiger partial charge in [-0.15, -0.1) is 0 Å². The Hall–Kier alpha value is -8.75. The molecule has 0 aliphatic rings. The highest BCUT2D eigenvalue weighted by Crippen LogP contribution is 2.47. The summed E-state index contributed by atoms with van der Waals surface area (Å²) in [7, 11) is 0. The van der Waals surface area contributed by atoms with Crippen LogP contribution in [0.1, 0.15) is 16.7 Å². The molecular formula is C57H29F6N3O2. The van der Waals surface area contributed by atoms with Gasteiger partial charge < -0.3 is 18.0 Å². The third kappa shape index (κ3) is 5.70. The Kier molecular flexibility index (Phi) is 8.23. The van der Waals surface area contributed by atoms with E-state index in [4.69, 9.17) is 8.83 Å². The van der Waals surface area contributed by atoms with E-state index < -0.39 is 29.0 Å². The normalized spacial score (nSPS) is 12.5. The van der Waals surface area contributed by atoms with Gasteiger partial charge in [0, 0.05) is 49.1 Å². The number of benzene rings is 9. The fourth-order valence-electron chi connectivity index (χ4n) is 10.3. The lowest BCUT2D eigenvalue weighted by molar-refractivity contribution is -0.142. The molecule has 9 aromatic carbocycles. The molecule has 0 saturated heterocycles. The van der Waals surface area contributed by atoms with Gasteiger partial charge in [0.2, 0.25) is 0 Å². The van der Waals surface area contributed by atoms with Gasteiger partial charge in [-0.25, -0.2) is 0 Å². The minimum absolute atomic E-state index is 0.00340. The predicted octanol–water partition coefficient (Wildman–Crippen LogP) is 16.9. The summed E-state index contributed by atoms with van der Waals surface area (Å²) in [4.78, 5) is 0. The quantitative estimate of drug-likeness (QED) is 0.165. The minimum atomic E-state index is -5.14. The molecule has 0 aliphatic carbocycles. The number of rotatable bonds is 4. The van der Waals surface area contributed by atoms with Crippen molar-refractivity contribution in [3.05, 3.63) is 193 Å². The van der Waals surface area contributed by atoms with Crippen molar-refractivity contribution in [1.29, 1.82) is 5.26 Å². The van der Waals surface area contributed by atoms with E-state index in [0.717, 1.165) is 76.8 Å². The molecule has 0 fully saturated rings. The maximum absolute atomic E-state index is 14.9. The smallest absolute Gasteiger partial charge is 0.417 e. The van der Waals surface area contributed by atoms with Crippen LogP contribution in [0.15, 0.2) is 185 Å². The lowest BCUT2D eigenvalue weighted by atomic mass is 9.91. The highest BCUT2D eigenvalue weighted by Gasteiger charge is 2.38. The van der Waals surface area contributed by atoms with Crippen molar-refractivity contribution in [1.82, 2.24) is 9.13 Å². The molecule has 0 bridgehead atoms. The molecule has 326 valence electrons. The molecule has 0 spiro atoms. The first-order valence-electron chi connectivity index (χ1n) is 21.6. The maximum atomic E-state index is 14.9. The molecule has 0 radical (unpaired) electrons. The number of aromatic nitrogens is 2. The zero-order chi connectivity index (χ0) is 46.2. The Morgan fingerprint density at radius 1 is 0.426 bits per heavy atom. The van der Waals surface area contributed by atoms with Gasteiger partial charge in [0.25, 0.3) is 0 Å². The number of furan rings is 2. The number of alkyl halides is 6. The molecule has 4 heterocycles. The van der Waals surface area contributed by atoms with E-state index in [0.29, 0.717) is 45.3 Å². The van der Waals surface area contributed by atoms with Gasteiger partial charge in [0.1, 0.15) is 22.3 Å². The molecule has 0 N–H and O–H groups in total. The molecular weight excluding hydrogens is 873 g/mol. The molecule has 4 aromatic heterocycles. The zero-order valence-electron chi connectivity index (χ0n) is 35.2. The van der Waals surface area contributed by atoms with Crippen LogP contribution in [0.2, 0.25) is 0 Å². The van der Waals surface area contributed by atoms with Crippen LogP contribution in [0.4, 0.5) is 26.3 Å². The van der Waals surface area contributed by atoms with Crippen molar-refractivity contribution in [2.45, 2.75) is 12.4 Å². The summed E-state index contributed by atoms with van der Waals surface area (Å²) in [6.07, 6.45) is -10.2. The van der Waals surface area contributed by atoms with E-state index in [1.165, 1.54) is 12.1 Å². The number of hydrogen-bond acceptors (Lipinski definition) is 3. The second kappa shape index (κ2) is 14.1. The number of hydrogen-bond donors (Lipinski definition) is 0. The van der Waals surface area contributed by atoms with Gasteiger partial charge in [0.05, 0.1) is 61.3 Å². The number of fused-ring (bicyclic) bond motifs is 14. The van der Waals surface area contributed by atoms with Crippen molar-refractivity contribution >= 4 is 87.5 Å². The Bertz CT molecular complexity index is 4330. The van der Waals surface area contributed by atoms with E-state index in [2.05, 4.69) is 10.6 Å². The monoisotopic (exact) mass is 901 g/mol. The Morgan fingerprint density at radius 3 is 1.57 bits per heavy atom. The summed E-state index contributed by atoms with van der Waals surface area (Å²) >= 11 is 0. The number of para-hydroxylation sites is 4. The van der Waals surface area contributed by atoms with Crippen molar-refractivity contribution in [3.8, 4) is 39.7 Å². The summed E-state index contributed by atoms with van der Waals surface area (Å²) in [5.74, 6) is 0. The van der Waals surface area contributed by atoms with Crippen LogP contribution in [0.3, 0.4) is 0 Å². The van der Waals surface area contributed by atoms with Crippen LogP contribution >= 0.6 is 0 Å². The van der Waals surface area contributed by atoms with Crippen molar-refractivity contribution in [2.24, 2.45) is 0 Å². The Balaban J connectivity index is 1.12. The highest BCUT2D eigenvalue weighted by molar-refractivity contribution is 6.25. The van der Waals surface area contributed by atoms with Gasteiger partial charge in [-0.1, -0.05) is 84.9 Å². The SMILES string of the molecule is N#Cc1ccc(-n2c3ccccc3c3c4oc5ccccc5c4ccc32)cc1-c1cc(-c2ccc(C(F)(F)F)cc2C(F)(F)F)ccc1-n1c2ccccc2c2c3oc4ccccc4c3ccc21. The van der Waals surface area contributed by atoms with Crippen LogP contribution in [-0.2, 0) is 12.4 Å². The number of nitrogens with zero attached hydrogens (tertiary/aromatic N) is 3. The van der Waals surface area contributed by atoms with Crippen molar-refractivity contribution < 1.29 is 35.2 Å². The first-order chi connectivity index (χ1) is 33.0. The van der Waals surface area contributed by atoms with Crippen LogP contribution in [0, 0.1) is 11.3 Å². The third-order valence-corrected chi connectivity index (χ3v) is 13.2. The molecule has 13 rings (SSSR count). The lowest BCUT2D eigenvalue weighted by Crippen LogP contribution is -2.12. The van der Waals surface area contributed by atoms with E-state index in [9.17, 15) is 31.6 Å². The summed E-state index contributed by atoms with van der Waals surface area (Å²) in [6, 6.07) is 53.3. The molecule has 0 amide bonds. The average molecular weight is 902 g/mol. The number of halogens is 6. The maximum Gasteiger partial charge on any atom is 0.417 e. The molecule has 13 aromatic rings. The highest BCUT2D eigenvalue weighted by atomic mass is 19.4. The van der Waals surface area contributed by atoms with Crippen LogP contribution in [-0.4, -0.2) is 9.13 Å². The first-order valence-corrected chi connectivity index (χ1v) is 21.6. The van der Waals surface area contributed by atoms with E-state index >= 15 is 0 Å². The summed E-state index contributed by atoms with van der Waals surface area (Å²) in [5.41, 5.74) is 4.78. The molecule has 0 aliphatic heterocycles. The summed E-state index contributed by atoms with van der Waals surface area (Å²) in [6.45, 7) is 0. The molecule has 5 nitrogen and oxygen atoms in total. The fourth-order valence-corrected chi connectivity index (χ4v) is 10.3. The van der Waals surface area contributed by atoms with Crippen molar-refractivity contribution in [2.75, 3.05) is 0 Å². The van der Waals surface area contributed by atoms with E-state index in [-0.39, 0.29) is 17.2 Å². The summed E-state index contributed by atoms with van der Waals surface area (Å²) < 4.78 is 104. The lowest BCUT2D eigenvalue weighted by Gasteiger charge is -2.20. The minimum Gasteiger partial charge on any atom is -0.455 e. The van der Waals surface area contributed by atoms with Crippen LogP contribution < -0.4 is 0 Å². The largest absolute Gasteiger partial charge is 0.455 e. The molecule has 0 saturated carbocycles. The average Bonchev–Trinajstić information content (AvgIpc) is 4.10. The van der Waals surface area contributed by atoms with Gasteiger partial charge in [-0.3, -0.25) is 0 Å². The third-order valence-electron chi connectivity index (χ3n) is 13.2. The van der Waals surface area contributed by atoms with Crippen LogP contribution in [0.25, 0.3) is 121 Å². The van der Waals surface area contributed by atoms with E-state index in [1.807, 2.05) is 138 Å². The topological polar surface area (TPSA) is 59.9 Å². The second-order valence-electron chi connectivity index (χ2n) is 16.9. The van der Waals surface area contributed by atoms with Gasteiger partial charge in [0.15, 0.2) is 0 Å². The van der Waals surface area contributed by atoms with Gasteiger partial charge >= 0.3 is 12.4 Å². The standard InChI is InChI=1S/C57H29F6N3O2/c58-56(59,60)33-19-21-35(44(28-33)57(61,62)63)31-18-24-47(66-46-14-6-2-12-41(46)53-49(66)26-23-39-37-10-4-8-16-51(37)68-55(39)53)43(27-31)42-29-34(20-17-32(42)30-64)65-45-13-5-1-11-40(45)52-48(65)25-22-38-36-9-3-7-15-50(36)67-54(38)52/h1-29H. The predicted molar refractivity (Wildman–Crippen MR) is 255 cm³/mol. The zero-order valence-corrected chi connectivity index (χ0v) is 35.2. The van der Waals surface area contributed by atoms with E-state index in [1.54, 1.807) is 12.1 Å². The Labute approximate surface area is 380 Å². The van der Waals surface area contributed by atoms with Gasteiger partial charge in [-0.2, -0.15) is 31.6 Å². The van der Waals surface area contributed by atoms with Crippen LogP contribution in [0.5, 0.6) is 0 Å². The molecule has 0 unspecified atom stereocenters. The molecule has 0 atom stereocenters. The molecule has 68 heavy (non-hydrogen) atoms. The number of nitriles is 1. The van der Waals surface area contributed by atoms with Crippen molar-refractivity contribution in [3.63, 3.8) is 0 Å². The van der Waals surface area contributed by atoms with Gasteiger partial charge in [-0.05, 0) is 102 Å². The summed E-state index contributed by atoms with van der Waals surface area (Å²) in [5, 5.41) is 18.1. The molecule has 11 heteroatoms. The fraction of sp³-hybridized carbons (Fsp3) is 0.0351. The second-order valence-corrected chi connectivity index (χ2v) is 16.9. The Morgan fingerprint density at radius 2 is 0.985 bits per heavy atom.